The Bertz CT molecular complexity index is 1410. The van der Waals surface area contributed by atoms with Gasteiger partial charge in [0.15, 0.2) is 5.78 Å². The summed E-state index contributed by atoms with van der Waals surface area (Å²) in [6.45, 7) is 5.70. The predicted molar refractivity (Wildman–Crippen MR) is 136 cm³/mol. The summed E-state index contributed by atoms with van der Waals surface area (Å²) in [4.78, 5) is 31.4. The number of pyridine rings is 1. The Morgan fingerprint density at radius 3 is 2.36 bits per heavy atom. The average Bonchev–Trinajstić information content (AvgIpc) is 2.81. The monoisotopic (exact) mass is 502 g/mol. The van der Waals surface area contributed by atoms with Crippen molar-refractivity contribution in [3.8, 4) is 11.1 Å². The molecule has 0 atom stereocenters. The summed E-state index contributed by atoms with van der Waals surface area (Å²) in [6.07, 6.45) is 0. The Hall–Kier alpha value is -3.48. The molecule has 6 heteroatoms. The van der Waals surface area contributed by atoms with Crippen LogP contribution >= 0.6 is 15.9 Å². The molecule has 0 aliphatic rings. The number of nitrogens with zero attached hydrogens (tertiary/aromatic N) is 1. The summed E-state index contributed by atoms with van der Waals surface area (Å²) in [5.41, 5.74) is 6.95. The van der Waals surface area contributed by atoms with Crippen LogP contribution in [0.15, 0.2) is 88.6 Å². The van der Waals surface area contributed by atoms with Gasteiger partial charge in [-0.1, -0.05) is 77.1 Å². The number of hydrogen-bond acceptors (Lipinski definition) is 4. The fourth-order valence-electron chi connectivity index (χ4n) is 4.01. The van der Waals surface area contributed by atoms with Crippen LogP contribution < -0.4 is 11.0 Å². The predicted octanol–water partition coefficient (Wildman–Crippen LogP) is 5.80. The molecular formula is C27H23BrN2O3. The van der Waals surface area contributed by atoms with Crippen molar-refractivity contribution in [3.63, 3.8) is 0 Å². The molecule has 4 rings (SSSR count). The van der Waals surface area contributed by atoms with Crippen LogP contribution in [0.2, 0.25) is 0 Å². The van der Waals surface area contributed by atoms with E-state index in [4.69, 9.17) is 4.84 Å². The number of carbonyl (C=O) groups excluding carboxylic acids is 1. The van der Waals surface area contributed by atoms with Gasteiger partial charge < -0.3 is 0 Å². The molecular weight excluding hydrogens is 480 g/mol. The normalized spacial score (nSPS) is 10.9. The Morgan fingerprint density at radius 1 is 1.03 bits per heavy atom. The largest absolute Gasteiger partial charge is 0.300 e. The summed E-state index contributed by atoms with van der Waals surface area (Å²) in [6, 6.07) is 22.9. The number of rotatable bonds is 7. The molecule has 0 saturated carbocycles. The maximum absolute atomic E-state index is 13.6. The van der Waals surface area contributed by atoms with E-state index in [2.05, 4.69) is 28.0 Å². The third-order valence-electron chi connectivity index (χ3n) is 5.50. The van der Waals surface area contributed by atoms with Crippen molar-refractivity contribution in [2.45, 2.75) is 13.5 Å². The van der Waals surface area contributed by atoms with Gasteiger partial charge in [0.25, 0.3) is 5.56 Å². The first-order valence-electron chi connectivity index (χ1n) is 10.4. The van der Waals surface area contributed by atoms with Crippen LogP contribution in [-0.2, 0) is 11.4 Å². The fraction of sp³-hybridized carbons (Fsp3) is 0.111. The number of aromatic nitrogens is 1. The molecule has 0 fully saturated rings. The van der Waals surface area contributed by atoms with Gasteiger partial charge in [0.1, 0.15) is 0 Å². The second kappa shape index (κ2) is 9.57. The lowest BCUT2D eigenvalue weighted by Crippen LogP contribution is -2.27. The number of Topliss-reactive ketones (excluding diaryl/α,β-unsaturated/α-hetero) is 1. The van der Waals surface area contributed by atoms with E-state index in [-0.39, 0.29) is 17.9 Å². The number of nitrogens with one attached hydrogen (secondary N) is 1. The molecule has 4 aromatic rings. The number of ketones is 1. The van der Waals surface area contributed by atoms with Crippen molar-refractivity contribution < 1.29 is 9.63 Å². The lowest BCUT2D eigenvalue weighted by molar-refractivity contribution is 0.100. The number of fused-ring (bicyclic) bond motifs is 1. The third kappa shape index (κ3) is 4.53. The second-order valence-corrected chi connectivity index (χ2v) is 8.62. The first-order chi connectivity index (χ1) is 15.9. The Balaban J connectivity index is 1.93. The van der Waals surface area contributed by atoms with Crippen LogP contribution in [0.3, 0.4) is 0 Å². The molecule has 33 heavy (non-hydrogen) atoms. The van der Waals surface area contributed by atoms with Crippen molar-refractivity contribution in [1.29, 1.82) is 0 Å². The maximum Gasteiger partial charge on any atom is 0.259 e. The molecule has 0 spiro atoms. The van der Waals surface area contributed by atoms with E-state index in [0.717, 1.165) is 32.1 Å². The highest BCUT2D eigenvalue weighted by Crippen LogP contribution is 2.33. The SMILES string of the molecule is C=C(NOC)c1ccc(Cn2c(C(C)=O)c(-c3ccccc3)c3cc(Br)ccc3c2=O)cc1. The zero-order valence-corrected chi connectivity index (χ0v) is 20.0. The van der Waals surface area contributed by atoms with E-state index >= 15 is 0 Å². The van der Waals surface area contributed by atoms with Crippen molar-refractivity contribution in [2.24, 2.45) is 0 Å². The summed E-state index contributed by atoms with van der Waals surface area (Å²) in [7, 11) is 1.53. The first-order valence-corrected chi connectivity index (χ1v) is 11.2. The third-order valence-corrected chi connectivity index (χ3v) is 5.99. The van der Waals surface area contributed by atoms with Gasteiger partial charge in [-0.25, -0.2) is 0 Å². The first kappa shape index (κ1) is 22.7. The van der Waals surface area contributed by atoms with Crippen molar-refractivity contribution >= 4 is 38.2 Å². The number of hydroxylamine groups is 1. The van der Waals surface area contributed by atoms with Crippen molar-refractivity contribution in [2.75, 3.05) is 7.11 Å². The van der Waals surface area contributed by atoms with E-state index in [1.165, 1.54) is 14.0 Å². The zero-order valence-electron chi connectivity index (χ0n) is 18.4. The number of benzene rings is 3. The fourth-order valence-corrected chi connectivity index (χ4v) is 4.37. The van der Waals surface area contributed by atoms with E-state index in [0.29, 0.717) is 16.8 Å². The van der Waals surface area contributed by atoms with Gasteiger partial charge in [-0.3, -0.25) is 24.5 Å². The minimum Gasteiger partial charge on any atom is -0.300 e. The summed E-state index contributed by atoms with van der Waals surface area (Å²) >= 11 is 3.51. The van der Waals surface area contributed by atoms with Crippen LogP contribution in [0.5, 0.6) is 0 Å². The van der Waals surface area contributed by atoms with Crippen molar-refractivity contribution in [3.05, 3.63) is 111 Å². The molecule has 3 aromatic carbocycles. The molecule has 0 radical (unpaired) electrons. The van der Waals surface area contributed by atoms with Gasteiger partial charge >= 0.3 is 0 Å². The standard InChI is InChI=1S/C27H23BrN2O3/c1-17(29-33-3)20-11-9-19(10-12-20)16-30-26(18(2)31)25(21-7-5-4-6-8-21)24-15-22(28)13-14-23(24)27(30)32/h4-15,29H,1,16H2,2-3H3. The highest BCUT2D eigenvalue weighted by atomic mass is 79.9. The van der Waals surface area contributed by atoms with E-state index in [9.17, 15) is 9.59 Å². The van der Waals surface area contributed by atoms with E-state index < -0.39 is 0 Å². The molecule has 1 N–H and O–H groups in total. The molecule has 5 nitrogen and oxygen atoms in total. The summed E-state index contributed by atoms with van der Waals surface area (Å²) in [5, 5.41) is 1.32. The maximum atomic E-state index is 13.6. The van der Waals surface area contributed by atoms with Gasteiger partial charge in [0.2, 0.25) is 0 Å². The highest BCUT2D eigenvalue weighted by Gasteiger charge is 2.21. The molecule has 0 aliphatic heterocycles. The molecule has 0 bridgehead atoms. The molecule has 0 amide bonds. The molecule has 1 aromatic heterocycles. The van der Waals surface area contributed by atoms with Crippen LogP contribution in [0, 0.1) is 0 Å². The van der Waals surface area contributed by atoms with E-state index in [1.807, 2.05) is 66.7 Å². The zero-order chi connectivity index (χ0) is 23.5. The number of carbonyl (C=O) groups is 1. The van der Waals surface area contributed by atoms with Crippen LogP contribution in [-0.4, -0.2) is 17.5 Å². The number of hydrogen-bond donors (Lipinski definition) is 1. The minimum absolute atomic E-state index is 0.165. The topological polar surface area (TPSA) is 60.3 Å². The van der Waals surface area contributed by atoms with Crippen LogP contribution in [0.4, 0.5) is 0 Å². The van der Waals surface area contributed by atoms with Gasteiger partial charge in [0.05, 0.1) is 25.0 Å². The summed E-state index contributed by atoms with van der Waals surface area (Å²) < 4.78 is 2.43. The Kier molecular flexibility index (Phi) is 6.58. The summed E-state index contributed by atoms with van der Waals surface area (Å²) in [5.74, 6) is -0.165. The quantitative estimate of drug-likeness (QED) is 0.256. The minimum atomic E-state index is -0.197. The smallest absolute Gasteiger partial charge is 0.259 e. The van der Waals surface area contributed by atoms with Crippen molar-refractivity contribution in [1.82, 2.24) is 10.0 Å². The lowest BCUT2D eigenvalue weighted by atomic mass is 9.95. The lowest BCUT2D eigenvalue weighted by Gasteiger charge is -2.19. The van der Waals surface area contributed by atoms with Gasteiger partial charge in [-0.15, -0.1) is 0 Å². The molecule has 0 unspecified atom stereocenters. The van der Waals surface area contributed by atoms with Gasteiger partial charge in [-0.2, -0.15) is 0 Å². The van der Waals surface area contributed by atoms with Crippen LogP contribution in [0.25, 0.3) is 27.6 Å². The molecule has 1 heterocycles. The van der Waals surface area contributed by atoms with E-state index in [1.54, 1.807) is 10.6 Å². The second-order valence-electron chi connectivity index (χ2n) is 7.71. The molecule has 166 valence electrons. The number of halogens is 1. The Morgan fingerprint density at radius 2 is 1.73 bits per heavy atom. The molecule has 0 aliphatic carbocycles. The average molecular weight is 503 g/mol. The van der Waals surface area contributed by atoms with Crippen LogP contribution in [0.1, 0.15) is 28.5 Å². The Labute approximate surface area is 200 Å². The van der Waals surface area contributed by atoms with Gasteiger partial charge in [-0.05, 0) is 40.3 Å². The highest BCUT2D eigenvalue weighted by molar-refractivity contribution is 9.10. The molecule has 0 saturated heterocycles. The van der Waals surface area contributed by atoms with Gasteiger partial charge in [0, 0.05) is 22.3 Å².